The number of aliphatic imine (C=N–C) groups is 1. The Bertz CT molecular complexity index is 882. The Kier molecular flexibility index (Phi) is 5.33. The molecule has 0 amide bonds. The van der Waals surface area contributed by atoms with Crippen molar-refractivity contribution in [1.29, 1.82) is 0 Å². The zero-order chi connectivity index (χ0) is 17.6. The van der Waals surface area contributed by atoms with Gasteiger partial charge >= 0.3 is 0 Å². The van der Waals surface area contributed by atoms with E-state index in [1.54, 1.807) is 19.2 Å². The quantitative estimate of drug-likeness (QED) is 0.492. The molecule has 0 aliphatic heterocycles. The number of hydrogen-bond donors (Lipinski definition) is 3. The first-order valence-corrected chi connectivity index (χ1v) is 8.42. The Morgan fingerprint density at radius 2 is 1.92 bits per heavy atom. The molecule has 130 valence electrons. The number of para-hydroxylation sites is 1. The van der Waals surface area contributed by atoms with E-state index in [2.05, 4.69) is 51.9 Å². The van der Waals surface area contributed by atoms with Gasteiger partial charge in [-0.25, -0.2) is 4.39 Å². The first kappa shape index (κ1) is 17.0. The average molecular weight is 338 g/mol. The number of aryl methyl sites for hydroxylation is 1. The van der Waals surface area contributed by atoms with E-state index in [4.69, 9.17) is 0 Å². The minimum atomic E-state index is -0.209. The molecule has 1 heterocycles. The van der Waals surface area contributed by atoms with E-state index >= 15 is 0 Å². The molecular formula is C20H23FN4. The van der Waals surface area contributed by atoms with Crippen LogP contribution in [-0.4, -0.2) is 24.5 Å². The summed E-state index contributed by atoms with van der Waals surface area (Å²) >= 11 is 0. The second-order valence-electron chi connectivity index (χ2n) is 6.01. The molecule has 25 heavy (non-hydrogen) atoms. The molecule has 0 unspecified atom stereocenters. The van der Waals surface area contributed by atoms with E-state index in [1.165, 1.54) is 28.1 Å². The lowest BCUT2D eigenvalue weighted by Crippen LogP contribution is -2.38. The number of halogens is 1. The highest BCUT2D eigenvalue weighted by Crippen LogP contribution is 2.21. The largest absolute Gasteiger partial charge is 0.361 e. The van der Waals surface area contributed by atoms with Crippen LogP contribution in [0.2, 0.25) is 0 Å². The number of rotatable bonds is 5. The number of nitrogens with zero attached hydrogens (tertiary/aromatic N) is 1. The standard InChI is InChI=1S/C20H23FN4/c1-14-6-5-8-17-15(12-24-19(14)17)10-11-23-20(22-2)25-13-16-7-3-4-9-18(16)21/h3-9,12,24H,10-11,13H2,1-2H3,(H2,22,23,25). The molecule has 3 aromatic rings. The Labute approximate surface area is 147 Å². The molecule has 0 atom stereocenters. The molecule has 0 saturated heterocycles. The van der Waals surface area contributed by atoms with E-state index in [0.717, 1.165) is 13.0 Å². The smallest absolute Gasteiger partial charge is 0.191 e. The third-order valence-corrected chi connectivity index (χ3v) is 4.32. The van der Waals surface area contributed by atoms with Gasteiger partial charge in [0.2, 0.25) is 0 Å². The summed E-state index contributed by atoms with van der Waals surface area (Å²) in [4.78, 5) is 7.54. The Morgan fingerprint density at radius 3 is 2.72 bits per heavy atom. The second-order valence-corrected chi connectivity index (χ2v) is 6.01. The van der Waals surface area contributed by atoms with Gasteiger partial charge < -0.3 is 15.6 Å². The van der Waals surface area contributed by atoms with E-state index < -0.39 is 0 Å². The zero-order valence-corrected chi connectivity index (χ0v) is 14.6. The summed E-state index contributed by atoms with van der Waals surface area (Å²) in [6, 6.07) is 13.1. The lowest BCUT2D eigenvalue weighted by Gasteiger charge is -2.12. The van der Waals surface area contributed by atoms with Gasteiger partial charge in [0.25, 0.3) is 0 Å². The van der Waals surface area contributed by atoms with E-state index in [0.29, 0.717) is 18.1 Å². The highest BCUT2D eigenvalue weighted by molar-refractivity contribution is 5.86. The summed E-state index contributed by atoms with van der Waals surface area (Å²) in [5, 5.41) is 7.68. The van der Waals surface area contributed by atoms with Crippen molar-refractivity contribution in [2.75, 3.05) is 13.6 Å². The summed E-state index contributed by atoms with van der Waals surface area (Å²) in [7, 11) is 1.71. The van der Waals surface area contributed by atoms with E-state index in [9.17, 15) is 4.39 Å². The predicted octanol–water partition coefficient (Wildman–Crippen LogP) is 3.52. The summed E-state index contributed by atoms with van der Waals surface area (Å²) in [6.45, 7) is 3.26. The fourth-order valence-electron chi connectivity index (χ4n) is 2.93. The molecule has 3 rings (SSSR count). The van der Waals surface area contributed by atoms with Gasteiger partial charge in [0.05, 0.1) is 0 Å². The Balaban J connectivity index is 1.55. The number of benzene rings is 2. The van der Waals surface area contributed by atoms with Gasteiger partial charge in [-0.2, -0.15) is 0 Å². The first-order valence-electron chi connectivity index (χ1n) is 8.42. The third-order valence-electron chi connectivity index (χ3n) is 4.32. The lowest BCUT2D eigenvalue weighted by molar-refractivity contribution is 0.604. The average Bonchev–Trinajstić information content (AvgIpc) is 3.04. The fourth-order valence-corrected chi connectivity index (χ4v) is 2.93. The molecule has 2 aromatic carbocycles. The minimum Gasteiger partial charge on any atom is -0.361 e. The number of aromatic nitrogens is 1. The van der Waals surface area contributed by atoms with Crippen molar-refractivity contribution < 1.29 is 4.39 Å². The maximum atomic E-state index is 13.7. The molecule has 0 fully saturated rings. The SMILES string of the molecule is CN=C(NCCc1c[nH]c2c(C)cccc12)NCc1ccccc1F. The number of fused-ring (bicyclic) bond motifs is 1. The number of hydrogen-bond acceptors (Lipinski definition) is 1. The summed E-state index contributed by atoms with van der Waals surface area (Å²) < 4.78 is 13.7. The molecule has 0 radical (unpaired) electrons. The van der Waals surface area contributed by atoms with Gasteiger partial charge in [0.1, 0.15) is 5.82 Å². The monoisotopic (exact) mass is 338 g/mol. The van der Waals surface area contributed by atoms with Crippen LogP contribution in [0.5, 0.6) is 0 Å². The van der Waals surface area contributed by atoms with Crippen molar-refractivity contribution in [3.05, 3.63) is 71.2 Å². The lowest BCUT2D eigenvalue weighted by atomic mass is 10.1. The molecule has 0 spiro atoms. The van der Waals surface area contributed by atoms with Crippen molar-refractivity contribution in [3.8, 4) is 0 Å². The van der Waals surface area contributed by atoms with Crippen LogP contribution in [-0.2, 0) is 13.0 Å². The maximum absolute atomic E-state index is 13.7. The molecule has 3 N–H and O–H groups in total. The van der Waals surface area contributed by atoms with Crippen LogP contribution in [0, 0.1) is 12.7 Å². The summed E-state index contributed by atoms with van der Waals surface area (Å²) in [6.07, 6.45) is 2.94. The molecule has 0 aliphatic rings. The van der Waals surface area contributed by atoms with Crippen LogP contribution >= 0.6 is 0 Å². The maximum Gasteiger partial charge on any atom is 0.191 e. The van der Waals surface area contributed by atoms with Crippen molar-refractivity contribution >= 4 is 16.9 Å². The van der Waals surface area contributed by atoms with Crippen LogP contribution in [0.1, 0.15) is 16.7 Å². The molecule has 0 aliphatic carbocycles. The van der Waals surface area contributed by atoms with Crippen molar-refractivity contribution in [3.63, 3.8) is 0 Å². The zero-order valence-electron chi connectivity index (χ0n) is 14.6. The van der Waals surface area contributed by atoms with Crippen molar-refractivity contribution in [2.45, 2.75) is 19.9 Å². The number of guanidine groups is 1. The van der Waals surface area contributed by atoms with Gasteiger partial charge in [0, 0.05) is 42.8 Å². The van der Waals surface area contributed by atoms with Crippen LogP contribution in [0.15, 0.2) is 53.7 Å². The van der Waals surface area contributed by atoms with Gasteiger partial charge in [-0.3, -0.25) is 4.99 Å². The van der Waals surface area contributed by atoms with Crippen molar-refractivity contribution in [1.82, 2.24) is 15.6 Å². The molecule has 0 saturated carbocycles. The molecule has 0 bridgehead atoms. The molecule has 5 heteroatoms. The Hall–Kier alpha value is -2.82. The third kappa shape index (κ3) is 3.99. The van der Waals surface area contributed by atoms with Crippen LogP contribution in [0.3, 0.4) is 0 Å². The van der Waals surface area contributed by atoms with Crippen molar-refractivity contribution in [2.24, 2.45) is 4.99 Å². The number of aromatic amines is 1. The fraction of sp³-hybridized carbons (Fsp3) is 0.250. The summed E-state index contributed by atoms with van der Waals surface area (Å²) in [5.74, 6) is 0.457. The van der Waals surface area contributed by atoms with Gasteiger partial charge in [-0.15, -0.1) is 0 Å². The van der Waals surface area contributed by atoms with Crippen LogP contribution in [0.4, 0.5) is 4.39 Å². The Morgan fingerprint density at radius 1 is 1.08 bits per heavy atom. The van der Waals surface area contributed by atoms with Gasteiger partial charge in [-0.05, 0) is 30.5 Å². The molecule has 4 nitrogen and oxygen atoms in total. The van der Waals surface area contributed by atoms with E-state index in [1.807, 2.05) is 6.07 Å². The first-order chi connectivity index (χ1) is 12.2. The van der Waals surface area contributed by atoms with Gasteiger partial charge in [0.15, 0.2) is 5.96 Å². The minimum absolute atomic E-state index is 0.209. The highest BCUT2D eigenvalue weighted by atomic mass is 19.1. The number of H-pyrrole nitrogens is 1. The van der Waals surface area contributed by atoms with Gasteiger partial charge in [-0.1, -0.05) is 36.4 Å². The number of nitrogens with one attached hydrogen (secondary N) is 3. The molecule has 1 aromatic heterocycles. The summed E-state index contributed by atoms with van der Waals surface area (Å²) in [5.41, 5.74) is 4.34. The second kappa shape index (κ2) is 7.83. The van der Waals surface area contributed by atoms with Crippen LogP contribution in [0.25, 0.3) is 10.9 Å². The topological polar surface area (TPSA) is 52.2 Å². The van der Waals surface area contributed by atoms with E-state index in [-0.39, 0.29) is 5.82 Å². The predicted molar refractivity (Wildman–Crippen MR) is 101 cm³/mol. The van der Waals surface area contributed by atoms with Crippen LogP contribution < -0.4 is 10.6 Å². The highest BCUT2D eigenvalue weighted by Gasteiger charge is 2.06. The normalized spacial score (nSPS) is 11.7. The molecular weight excluding hydrogens is 315 g/mol.